The van der Waals surface area contributed by atoms with Crippen molar-refractivity contribution < 1.29 is 6.16 Å². The van der Waals surface area contributed by atoms with Crippen molar-refractivity contribution in [2.45, 2.75) is 32.8 Å². The zero-order chi connectivity index (χ0) is 13.2. The zero-order valence-corrected chi connectivity index (χ0v) is 12.5. The molecule has 1 fully saturated rings. The average Bonchev–Trinajstić information content (AvgIpc) is 2.38. The molecule has 1 N–H and O–H groups in total. The minimum absolute atomic E-state index is 0. The number of likely N-dealkylation sites (N-methyl/N-ethyl adjacent to an activating group) is 1. The Labute approximate surface area is 114 Å². The maximum Gasteiger partial charge on any atom is 0.0826 e. The quantitative estimate of drug-likeness (QED) is 0.631. The van der Waals surface area contributed by atoms with Crippen LogP contribution in [0.3, 0.4) is 0 Å². The monoisotopic (exact) mass is 259 g/mol. The van der Waals surface area contributed by atoms with E-state index in [1.165, 1.54) is 32.5 Å². The van der Waals surface area contributed by atoms with E-state index in [-0.39, 0.29) is 1.43 Å². The molecule has 1 heterocycles. The molecule has 1 aliphatic heterocycles. The third kappa shape index (κ3) is 6.69. The Balaban J connectivity index is 0.00000324. The summed E-state index contributed by atoms with van der Waals surface area (Å²) in [5, 5.41) is 3.45. The Bertz CT molecular complexity index is 207. The normalized spacial score (nSPS) is 21.7. The lowest BCUT2D eigenvalue weighted by Crippen LogP contribution is -2.48. The molecule has 18 heavy (non-hydrogen) atoms. The number of hydrogen-bond acceptors (Lipinski definition) is 4. The van der Waals surface area contributed by atoms with Gasteiger partial charge in [-0.05, 0) is 33.0 Å². The lowest BCUT2D eigenvalue weighted by atomic mass is 10.2. The van der Waals surface area contributed by atoms with Crippen molar-refractivity contribution in [2.24, 2.45) is 0 Å². The average molecular weight is 259 g/mol. The van der Waals surface area contributed by atoms with Crippen LogP contribution < -0.4 is 5.32 Å². The molecular weight excluding hydrogens is 226 g/mol. The van der Waals surface area contributed by atoms with E-state index in [2.05, 4.69) is 36.0 Å². The topological polar surface area (TPSA) is 27.7 Å². The summed E-state index contributed by atoms with van der Waals surface area (Å²) >= 11 is 0. The first kappa shape index (κ1) is 15.9. The first-order valence-corrected chi connectivity index (χ1v) is 7.49. The molecule has 0 aliphatic carbocycles. The van der Waals surface area contributed by atoms with Crippen LogP contribution in [0.25, 0.3) is 0 Å². The highest BCUT2D eigenvalue weighted by Gasteiger charge is 2.19. The van der Waals surface area contributed by atoms with Crippen LogP contribution in [0.2, 0.25) is 0 Å². The molecule has 0 aromatic carbocycles. The summed E-state index contributed by atoms with van der Waals surface area (Å²) in [4.78, 5) is 4.95. The van der Waals surface area contributed by atoms with Gasteiger partial charge < -0.3 is 15.0 Å². The van der Waals surface area contributed by atoms with Crippen LogP contribution in [0.4, 0.5) is 0 Å². The second kappa shape index (κ2) is 9.73. The molecule has 0 amide bonds. The molecule has 0 aromatic heterocycles. The minimum Gasteiger partial charge on any atom is -0.374 e. The maximum absolute atomic E-state index is 5.79. The molecule has 0 saturated carbocycles. The highest BCUT2D eigenvalue weighted by molar-refractivity contribution is 4.74. The number of rotatable bonds is 9. The van der Waals surface area contributed by atoms with Crippen LogP contribution >= 0.6 is 0 Å². The van der Waals surface area contributed by atoms with Crippen LogP contribution in [0.5, 0.6) is 0 Å². The number of nitrogens with zero attached hydrogens (tertiary/aromatic N) is 2. The lowest BCUT2D eigenvalue weighted by molar-refractivity contribution is -0.0285. The van der Waals surface area contributed by atoms with Gasteiger partial charge in [0.15, 0.2) is 0 Å². The molecule has 0 radical (unpaired) electrons. The van der Waals surface area contributed by atoms with Gasteiger partial charge in [0.05, 0.1) is 12.7 Å². The van der Waals surface area contributed by atoms with Gasteiger partial charge in [-0.25, -0.2) is 0 Å². The number of hydrogen-bond donors (Lipinski definition) is 1. The fourth-order valence-electron chi connectivity index (χ4n) is 2.35. The summed E-state index contributed by atoms with van der Waals surface area (Å²) in [5.74, 6) is 0. The van der Waals surface area contributed by atoms with E-state index in [4.69, 9.17) is 4.74 Å². The van der Waals surface area contributed by atoms with Crippen LogP contribution in [-0.4, -0.2) is 75.4 Å². The van der Waals surface area contributed by atoms with Gasteiger partial charge in [-0.1, -0.05) is 13.8 Å². The molecule has 1 atom stereocenters. The van der Waals surface area contributed by atoms with E-state index >= 15 is 0 Å². The van der Waals surface area contributed by atoms with Crippen LogP contribution in [0.15, 0.2) is 0 Å². The second-order valence-corrected chi connectivity index (χ2v) is 5.30. The summed E-state index contributed by atoms with van der Waals surface area (Å²) in [6.07, 6.45) is 2.81. The highest BCUT2D eigenvalue weighted by atomic mass is 16.5. The number of morpholine rings is 1. The zero-order valence-electron chi connectivity index (χ0n) is 12.5. The van der Waals surface area contributed by atoms with Gasteiger partial charge in [-0.2, -0.15) is 0 Å². The van der Waals surface area contributed by atoms with Gasteiger partial charge >= 0.3 is 0 Å². The van der Waals surface area contributed by atoms with E-state index in [0.717, 1.165) is 32.8 Å². The summed E-state index contributed by atoms with van der Waals surface area (Å²) in [7, 11) is 2.21. The molecule has 0 spiro atoms. The van der Waals surface area contributed by atoms with E-state index < -0.39 is 0 Å². The van der Waals surface area contributed by atoms with Gasteiger partial charge in [0.25, 0.3) is 0 Å². The Hall–Kier alpha value is -0.160. The van der Waals surface area contributed by atoms with Crippen molar-refractivity contribution in [3.8, 4) is 0 Å². The predicted octanol–water partition coefficient (Wildman–Crippen LogP) is 1.27. The van der Waals surface area contributed by atoms with Gasteiger partial charge in [-0.3, -0.25) is 4.90 Å². The first-order valence-electron chi connectivity index (χ1n) is 7.49. The summed E-state index contributed by atoms with van der Waals surface area (Å²) in [6.45, 7) is 13.1. The van der Waals surface area contributed by atoms with Crippen LogP contribution in [0, 0.1) is 0 Å². The third-order valence-electron chi connectivity index (χ3n) is 3.42. The maximum atomic E-state index is 5.79. The second-order valence-electron chi connectivity index (χ2n) is 5.30. The molecule has 4 heteroatoms. The Kier molecular flexibility index (Phi) is 8.59. The first-order chi connectivity index (χ1) is 8.76. The van der Waals surface area contributed by atoms with Crippen molar-refractivity contribution >= 4 is 0 Å². The van der Waals surface area contributed by atoms with E-state index in [1.54, 1.807) is 0 Å². The standard InChI is InChI=1S/C14H31N3O.H2/c1-4-6-15-12-14-13-17(10-11-18-14)9-8-16(3)7-5-2;/h14-15H,4-13H2,1-3H3;1H/t14-;/m1./s1. The minimum atomic E-state index is 0. The molecule has 1 saturated heterocycles. The predicted molar refractivity (Wildman–Crippen MR) is 79.2 cm³/mol. The summed E-state index contributed by atoms with van der Waals surface area (Å²) in [5.41, 5.74) is 0. The van der Waals surface area contributed by atoms with Crippen molar-refractivity contribution in [1.82, 2.24) is 15.1 Å². The fourth-order valence-corrected chi connectivity index (χ4v) is 2.35. The third-order valence-corrected chi connectivity index (χ3v) is 3.42. The molecule has 0 unspecified atom stereocenters. The Morgan fingerprint density at radius 2 is 2.17 bits per heavy atom. The molecule has 0 bridgehead atoms. The van der Waals surface area contributed by atoms with Crippen LogP contribution in [0.1, 0.15) is 28.1 Å². The largest absolute Gasteiger partial charge is 0.374 e. The van der Waals surface area contributed by atoms with E-state index in [0.29, 0.717) is 6.10 Å². The lowest BCUT2D eigenvalue weighted by Gasteiger charge is -2.34. The molecule has 4 nitrogen and oxygen atoms in total. The molecule has 1 aliphatic rings. The fraction of sp³-hybridized carbons (Fsp3) is 1.00. The van der Waals surface area contributed by atoms with Gasteiger partial charge in [0.2, 0.25) is 0 Å². The highest BCUT2D eigenvalue weighted by Crippen LogP contribution is 2.04. The molecule has 110 valence electrons. The molecule has 0 aromatic rings. The van der Waals surface area contributed by atoms with Gasteiger partial charge in [0, 0.05) is 34.2 Å². The summed E-state index contributed by atoms with van der Waals surface area (Å²) < 4.78 is 5.79. The summed E-state index contributed by atoms with van der Waals surface area (Å²) in [6, 6.07) is 0. The molecular formula is C14H33N3O. The number of nitrogens with one attached hydrogen (secondary N) is 1. The SMILES string of the molecule is CCCNC[C@@H]1CN(CCN(C)CCC)CCO1.[HH]. The van der Waals surface area contributed by atoms with Crippen molar-refractivity contribution in [3.05, 3.63) is 0 Å². The Morgan fingerprint density at radius 1 is 1.33 bits per heavy atom. The van der Waals surface area contributed by atoms with E-state index in [1.807, 2.05) is 0 Å². The molecule has 1 rings (SSSR count). The van der Waals surface area contributed by atoms with Crippen molar-refractivity contribution in [1.29, 1.82) is 0 Å². The van der Waals surface area contributed by atoms with Crippen LogP contribution in [-0.2, 0) is 4.74 Å². The Morgan fingerprint density at radius 3 is 2.89 bits per heavy atom. The van der Waals surface area contributed by atoms with Gasteiger partial charge in [-0.15, -0.1) is 0 Å². The van der Waals surface area contributed by atoms with Crippen molar-refractivity contribution in [3.63, 3.8) is 0 Å². The van der Waals surface area contributed by atoms with E-state index in [9.17, 15) is 0 Å². The van der Waals surface area contributed by atoms with Gasteiger partial charge in [0.1, 0.15) is 0 Å². The number of ether oxygens (including phenoxy) is 1. The smallest absolute Gasteiger partial charge is 0.0826 e. The van der Waals surface area contributed by atoms with Crippen molar-refractivity contribution in [2.75, 3.05) is 59.5 Å².